The number of hydrogen-bond acceptors (Lipinski definition) is 7. The normalized spacial score (nSPS) is 13.8. The molecule has 1 unspecified atom stereocenters. The van der Waals surface area contributed by atoms with Gasteiger partial charge in [-0.3, -0.25) is 18.6 Å². The molecule has 0 spiro atoms. The van der Waals surface area contributed by atoms with Gasteiger partial charge >= 0.3 is 19.8 Å². The van der Waals surface area contributed by atoms with Crippen LogP contribution < -0.4 is 0 Å². The number of likely N-dealkylation sites (N-methyl/N-ethyl adjacent to an activating group) is 1. The molecule has 55 heavy (non-hydrogen) atoms. The molecule has 0 aliphatic carbocycles. The van der Waals surface area contributed by atoms with E-state index in [1.54, 1.807) is 0 Å². The average molecular weight is 801 g/mol. The molecule has 0 radical (unpaired) electrons. The highest BCUT2D eigenvalue weighted by Gasteiger charge is 2.27. The zero-order chi connectivity index (χ0) is 40.7. The van der Waals surface area contributed by atoms with E-state index in [0.717, 1.165) is 57.8 Å². The van der Waals surface area contributed by atoms with Crippen molar-refractivity contribution in [1.82, 2.24) is 0 Å². The summed E-state index contributed by atoms with van der Waals surface area (Å²) in [7, 11) is 1.47. The maximum atomic E-state index is 12.7. The molecular formula is C45H87NO8P+. The van der Waals surface area contributed by atoms with Crippen LogP contribution in [0.4, 0.5) is 0 Å². The van der Waals surface area contributed by atoms with Gasteiger partial charge in [0.05, 0.1) is 27.7 Å². The number of carbonyl (C=O) groups excluding carboxylic acids is 2. The zero-order valence-corrected chi connectivity index (χ0v) is 37.3. The molecule has 0 rings (SSSR count). The molecule has 324 valence electrons. The molecule has 2 atom stereocenters. The Morgan fingerprint density at radius 3 is 1.38 bits per heavy atom. The summed E-state index contributed by atoms with van der Waals surface area (Å²) < 4.78 is 34.3. The van der Waals surface area contributed by atoms with Crippen LogP contribution in [0.25, 0.3) is 0 Å². The highest BCUT2D eigenvalue weighted by atomic mass is 31.2. The van der Waals surface area contributed by atoms with Gasteiger partial charge < -0.3 is 18.9 Å². The first-order chi connectivity index (χ1) is 26.5. The fraction of sp³-hybridized carbons (Fsp3) is 0.867. The fourth-order valence-electron chi connectivity index (χ4n) is 6.12. The minimum Gasteiger partial charge on any atom is -0.462 e. The van der Waals surface area contributed by atoms with Crippen LogP contribution in [0.1, 0.15) is 200 Å². The van der Waals surface area contributed by atoms with Gasteiger partial charge in [-0.1, -0.05) is 147 Å². The topological polar surface area (TPSA) is 108 Å². The number of phosphoric acid groups is 1. The number of rotatable bonds is 41. The van der Waals surface area contributed by atoms with Crippen molar-refractivity contribution < 1.29 is 42.1 Å². The summed E-state index contributed by atoms with van der Waals surface area (Å²) in [4.78, 5) is 35.3. The maximum absolute atomic E-state index is 12.7. The summed E-state index contributed by atoms with van der Waals surface area (Å²) in [5.41, 5.74) is 0. The third kappa shape index (κ3) is 41.9. The Labute approximate surface area is 339 Å². The number of unbranched alkanes of at least 4 members (excludes halogenated alkanes) is 23. The van der Waals surface area contributed by atoms with Crippen LogP contribution in [0.2, 0.25) is 0 Å². The van der Waals surface area contributed by atoms with Crippen LogP contribution in [0.5, 0.6) is 0 Å². The Kier molecular flexibility index (Phi) is 37.0. The molecule has 0 saturated heterocycles. The Balaban J connectivity index is 4.31. The van der Waals surface area contributed by atoms with Crippen LogP contribution in [-0.2, 0) is 32.7 Å². The second kappa shape index (κ2) is 38.0. The van der Waals surface area contributed by atoms with Gasteiger partial charge in [-0.15, -0.1) is 0 Å². The van der Waals surface area contributed by atoms with Crippen molar-refractivity contribution in [3.63, 3.8) is 0 Å². The van der Waals surface area contributed by atoms with Crippen molar-refractivity contribution in [2.75, 3.05) is 47.5 Å². The number of carbonyl (C=O) groups is 2. The van der Waals surface area contributed by atoms with Crippen LogP contribution in [-0.4, -0.2) is 74.9 Å². The van der Waals surface area contributed by atoms with Crippen molar-refractivity contribution in [1.29, 1.82) is 0 Å². The number of nitrogens with zero attached hydrogens (tertiary/aromatic N) is 1. The van der Waals surface area contributed by atoms with E-state index < -0.39 is 26.5 Å². The predicted octanol–water partition coefficient (Wildman–Crippen LogP) is 12.7. The van der Waals surface area contributed by atoms with E-state index >= 15 is 0 Å². The Hall–Kier alpha value is -1.51. The van der Waals surface area contributed by atoms with E-state index in [1.165, 1.54) is 109 Å². The number of phosphoric ester groups is 1. The highest BCUT2D eigenvalue weighted by molar-refractivity contribution is 7.47. The predicted molar refractivity (Wildman–Crippen MR) is 229 cm³/mol. The summed E-state index contributed by atoms with van der Waals surface area (Å²) in [6.45, 7) is 4.39. The molecule has 10 heteroatoms. The van der Waals surface area contributed by atoms with E-state index in [9.17, 15) is 19.0 Å². The molecule has 0 fully saturated rings. The highest BCUT2D eigenvalue weighted by Crippen LogP contribution is 2.43. The quantitative estimate of drug-likeness (QED) is 0.0214. The van der Waals surface area contributed by atoms with E-state index in [0.29, 0.717) is 17.4 Å². The molecule has 0 aromatic heterocycles. The average Bonchev–Trinajstić information content (AvgIpc) is 3.13. The van der Waals surface area contributed by atoms with Gasteiger partial charge in [0.2, 0.25) is 0 Å². The lowest BCUT2D eigenvalue weighted by molar-refractivity contribution is -0.870. The van der Waals surface area contributed by atoms with Crippen molar-refractivity contribution in [2.45, 2.75) is 206 Å². The fourth-order valence-corrected chi connectivity index (χ4v) is 6.86. The number of ether oxygens (including phenoxy) is 2. The SMILES string of the molecule is CCCCC/C=C/CCCCCCCC(=O)OC[C@H](COP(=O)(O)OCC[N+](C)(C)C)OC(=O)CCCCCCCCCCC/C=C/CCCCCCCC. The monoisotopic (exact) mass is 801 g/mol. The zero-order valence-electron chi connectivity index (χ0n) is 36.4. The number of esters is 2. The first-order valence-electron chi connectivity index (χ1n) is 22.6. The second-order valence-electron chi connectivity index (χ2n) is 16.4. The van der Waals surface area contributed by atoms with Gasteiger partial charge in [0.1, 0.15) is 19.8 Å². The van der Waals surface area contributed by atoms with Gasteiger partial charge in [0.25, 0.3) is 0 Å². The third-order valence-corrected chi connectivity index (χ3v) is 10.7. The smallest absolute Gasteiger partial charge is 0.462 e. The molecular weight excluding hydrogens is 713 g/mol. The van der Waals surface area contributed by atoms with Gasteiger partial charge in [-0.05, 0) is 64.2 Å². The van der Waals surface area contributed by atoms with Gasteiger partial charge in [-0.25, -0.2) is 4.57 Å². The molecule has 0 aromatic carbocycles. The van der Waals surface area contributed by atoms with Gasteiger partial charge in [0.15, 0.2) is 6.10 Å². The Bertz CT molecular complexity index is 996. The second-order valence-corrected chi connectivity index (χ2v) is 17.9. The lowest BCUT2D eigenvalue weighted by Crippen LogP contribution is -2.37. The minimum atomic E-state index is -4.37. The van der Waals surface area contributed by atoms with E-state index in [1.807, 2.05) is 21.1 Å². The van der Waals surface area contributed by atoms with Gasteiger partial charge in [0, 0.05) is 12.8 Å². The molecule has 1 N–H and O–H groups in total. The number of allylic oxidation sites excluding steroid dienone is 4. The third-order valence-electron chi connectivity index (χ3n) is 9.70. The largest absolute Gasteiger partial charge is 0.472 e. The molecule has 0 saturated carbocycles. The van der Waals surface area contributed by atoms with E-state index in [2.05, 4.69) is 38.2 Å². The van der Waals surface area contributed by atoms with Crippen LogP contribution in [0, 0.1) is 0 Å². The van der Waals surface area contributed by atoms with Crippen LogP contribution in [0.15, 0.2) is 24.3 Å². The first kappa shape index (κ1) is 53.5. The summed E-state index contributed by atoms with van der Waals surface area (Å²) in [6.07, 6.45) is 40.8. The van der Waals surface area contributed by atoms with Crippen molar-refractivity contribution in [2.24, 2.45) is 0 Å². The van der Waals surface area contributed by atoms with Crippen molar-refractivity contribution in [3.8, 4) is 0 Å². The lowest BCUT2D eigenvalue weighted by Gasteiger charge is -2.24. The molecule has 0 amide bonds. The van der Waals surface area contributed by atoms with Crippen molar-refractivity contribution >= 4 is 19.8 Å². The van der Waals surface area contributed by atoms with Crippen LogP contribution in [0.3, 0.4) is 0 Å². The summed E-state index contributed by atoms with van der Waals surface area (Å²) in [6, 6.07) is 0. The first-order valence-corrected chi connectivity index (χ1v) is 24.1. The summed E-state index contributed by atoms with van der Waals surface area (Å²) in [5.74, 6) is -0.807. The number of hydrogen-bond donors (Lipinski definition) is 1. The van der Waals surface area contributed by atoms with E-state index in [-0.39, 0.29) is 32.0 Å². The lowest BCUT2D eigenvalue weighted by atomic mass is 10.1. The maximum Gasteiger partial charge on any atom is 0.472 e. The van der Waals surface area contributed by atoms with E-state index in [4.69, 9.17) is 18.5 Å². The summed E-state index contributed by atoms with van der Waals surface area (Å²) in [5, 5.41) is 0. The standard InChI is InChI=1S/C45H86NO8P/c1-6-8-10-12-14-16-18-20-21-22-23-24-25-26-28-30-32-34-36-38-45(48)54-43(42-53-55(49,50)52-40-39-46(3,4)5)41-51-44(47)37-35-33-31-29-27-19-17-15-13-11-9-7-2/h15,17,20-21,43H,6-14,16,18-19,22-42H2,1-5H3/p+1/b17-15+,21-20+/t43-/m1/s1. The Morgan fingerprint density at radius 1 is 0.545 bits per heavy atom. The molecule has 0 aromatic rings. The molecule has 9 nitrogen and oxygen atoms in total. The van der Waals surface area contributed by atoms with Gasteiger partial charge in [-0.2, -0.15) is 0 Å². The van der Waals surface area contributed by atoms with Crippen LogP contribution >= 0.6 is 7.82 Å². The Morgan fingerprint density at radius 2 is 0.927 bits per heavy atom. The minimum absolute atomic E-state index is 0.0312. The molecule has 0 heterocycles. The van der Waals surface area contributed by atoms with Crippen molar-refractivity contribution in [3.05, 3.63) is 24.3 Å². The number of quaternary nitrogens is 1. The summed E-state index contributed by atoms with van der Waals surface area (Å²) >= 11 is 0. The molecule has 0 aliphatic heterocycles. The molecule has 0 aliphatic rings. The molecule has 0 bridgehead atoms.